The van der Waals surface area contributed by atoms with Gasteiger partial charge in [-0.15, -0.1) is 11.3 Å². The highest BCUT2D eigenvalue weighted by molar-refractivity contribution is 7.13. The van der Waals surface area contributed by atoms with Crippen LogP contribution < -0.4 is 11.3 Å². The van der Waals surface area contributed by atoms with Crippen LogP contribution in [0.25, 0.3) is 10.7 Å². The molecule has 2 aromatic heterocycles. The van der Waals surface area contributed by atoms with Crippen LogP contribution in [-0.4, -0.2) is 9.97 Å². The van der Waals surface area contributed by atoms with Crippen molar-refractivity contribution in [2.75, 3.05) is 5.43 Å². The van der Waals surface area contributed by atoms with Crippen LogP contribution >= 0.6 is 11.3 Å². The zero-order chi connectivity index (χ0) is 12.5. The van der Waals surface area contributed by atoms with Gasteiger partial charge in [0.25, 0.3) is 0 Å². The molecule has 0 atom stereocenters. The van der Waals surface area contributed by atoms with Crippen LogP contribution in [0.5, 0.6) is 0 Å². The van der Waals surface area contributed by atoms with Crippen molar-refractivity contribution in [2.45, 2.75) is 26.2 Å². The second kappa shape index (κ2) is 4.43. The molecule has 0 amide bonds. The van der Waals surface area contributed by atoms with Gasteiger partial charge in [0, 0.05) is 11.5 Å². The molecular formula is C12H16N4S. The average Bonchev–Trinajstić information content (AvgIpc) is 2.80. The summed E-state index contributed by atoms with van der Waals surface area (Å²) in [5.74, 6) is 6.82. The fourth-order valence-electron chi connectivity index (χ4n) is 1.42. The smallest absolute Gasteiger partial charge is 0.171 e. The molecule has 0 saturated heterocycles. The van der Waals surface area contributed by atoms with Crippen LogP contribution in [0.3, 0.4) is 0 Å². The number of anilines is 1. The number of hydrazine groups is 1. The first-order valence-electron chi connectivity index (χ1n) is 5.41. The van der Waals surface area contributed by atoms with Gasteiger partial charge in [-0.25, -0.2) is 15.8 Å². The van der Waals surface area contributed by atoms with Gasteiger partial charge in [0.05, 0.1) is 10.6 Å². The first-order valence-corrected chi connectivity index (χ1v) is 6.29. The molecule has 2 aromatic rings. The molecule has 0 unspecified atom stereocenters. The highest BCUT2D eigenvalue weighted by atomic mass is 32.1. The summed E-state index contributed by atoms with van der Waals surface area (Å²) < 4.78 is 0. The number of hydrogen-bond donors (Lipinski definition) is 2. The monoisotopic (exact) mass is 248 g/mol. The summed E-state index contributed by atoms with van der Waals surface area (Å²) in [6.45, 7) is 6.36. The number of nitrogens with one attached hydrogen (secondary N) is 1. The Balaban J connectivity index is 2.54. The van der Waals surface area contributed by atoms with E-state index in [0.29, 0.717) is 5.82 Å². The maximum absolute atomic E-state index is 5.45. The second-order valence-electron chi connectivity index (χ2n) is 4.83. The fourth-order valence-corrected chi connectivity index (χ4v) is 2.08. The van der Waals surface area contributed by atoms with E-state index in [0.717, 1.165) is 16.4 Å². The van der Waals surface area contributed by atoms with Gasteiger partial charge in [-0.2, -0.15) is 0 Å². The largest absolute Gasteiger partial charge is 0.308 e. The summed E-state index contributed by atoms with van der Waals surface area (Å²) in [6.07, 6.45) is 0. The van der Waals surface area contributed by atoms with Crippen molar-refractivity contribution in [1.29, 1.82) is 0 Å². The lowest BCUT2D eigenvalue weighted by molar-refractivity contribution is 0.568. The third-order valence-corrected chi connectivity index (χ3v) is 3.25. The van der Waals surface area contributed by atoms with Crippen LogP contribution in [-0.2, 0) is 5.41 Å². The Kier molecular flexibility index (Phi) is 3.13. The van der Waals surface area contributed by atoms with Crippen LogP contribution in [0.1, 0.15) is 26.5 Å². The van der Waals surface area contributed by atoms with Crippen LogP contribution in [0.15, 0.2) is 23.6 Å². The predicted octanol–water partition coefficient (Wildman–Crippen LogP) is 2.79. The highest BCUT2D eigenvalue weighted by Gasteiger charge is 2.18. The van der Waals surface area contributed by atoms with E-state index in [1.165, 1.54) is 0 Å². The topological polar surface area (TPSA) is 63.8 Å². The van der Waals surface area contributed by atoms with Crippen molar-refractivity contribution in [3.63, 3.8) is 0 Å². The Morgan fingerprint density at radius 3 is 2.59 bits per heavy atom. The summed E-state index contributed by atoms with van der Waals surface area (Å²) in [5, 5.41) is 2.01. The molecule has 17 heavy (non-hydrogen) atoms. The summed E-state index contributed by atoms with van der Waals surface area (Å²) in [4.78, 5) is 10.0. The fraction of sp³-hybridized carbons (Fsp3) is 0.333. The Labute approximate surface area is 105 Å². The van der Waals surface area contributed by atoms with Crippen LogP contribution in [0.4, 0.5) is 5.82 Å². The number of nitrogens with zero attached hydrogens (tertiary/aromatic N) is 2. The molecule has 0 aliphatic rings. The first kappa shape index (κ1) is 12.0. The van der Waals surface area contributed by atoms with Crippen LogP contribution in [0, 0.1) is 0 Å². The molecule has 0 aliphatic carbocycles. The molecule has 2 rings (SSSR count). The van der Waals surface area contributed by atoms with Gasteiger partial charge in [-0.05, 0) is 11.4 Å². The van der Waals surface area contributed by atoms with E-state index in [1.807, 2.05) is 23.6 Å². The Morgan fingerprint density at radius 1 is 1.29 bits per heavy atom. The molecule has 0 spiro atoms. The third-order valence-electron chi connectivity index (χ3n) is 2.38. The van der Waals surface area contributed by atoms with Crippen molar-refractivity contribution in [3.05, 3.63) is 29.3 Å². The summed E-state index contributed by atoms with van der Waals surface area (Å²) in [7, 11) is 0. The number of hydrogen-bond acceptors (Lipinski definition) is 5. The standard InChI is InChI=1S/C12H16N4S/c1-12(2,3)9-7-10(16-13)15-11(14-9)8-5-4-6-17-8/h4-7H,13H2,1-3H3,(H,14,15,16). The molecular weight excluding hydrogens is 232 g/mol. The quantitative estimate of drug-likeness (QED) is 0.633. The van der Waals surface area contributed by atoms with Crippen molar-refractivity contribution < 1.29 is 0 Å². The van der Waals surface area contributed by atoms with Gasteiger partial charge in [0.15, 0.2) is 5.82 Å². The van der Waals surface area contributed by atoms with E-state index < -0.39 is 0 Å². The minimum absolute atomic E-state index is 0.0272. The van der Waals surface area contributed by atoms with Gasteiger partial charge in [-0.1, -0.05) is 26.8 Å². The van der Waals surface area contributed by atoms with Crippen molar-refractivity contribution in [3.8, 4) is 10.7 Å². The normalized spacial score (nSPS) is 11.5. The lowest BCUT2D eigenvalue weighted by atomic mass is 9.92. The van der Waals surface area contributed by atoms with Gasteiger partial charge >= 0.3 is 0 Å². The van der Waals surface area contributed by atoms with Crippen molar-refractivity contribution in [1.82, 2.24) is 9.97 Å². The Bertz CT molecular complexity index is 500. The zero-order valence-corrected chi connectivity index (χ0v) is 11.0. The van der Waals surface area contributed by atoms with E-state index in [-0.39, 0.29) is 5.41 Å². The molecule has 5 heteroatoms. The molecule has 2 heterocycles. The van der Waals surface area contributed by atoms with Gasteiger partial charge in [-0.3, -0.25) is 0 Å². The number of aromatic nitrogens is 2. The molecule has 0 aromatic carbocycles. The highest BCUT2D eigenvalue weighted by Crippen LogP contribution is 2.27. The second-order valence-corrected chi connectivity index (χ2v) is 5.78. The maximum Gasteiger partial charge on any atom is 0.171 e. The maximum atomic E-state index is 5.45. The van der Waals surface area contributed by atoms with E-state index >= 15 is 0 Å². The number of thiophene rings is 1. The zero-order valence-electron chi connectivity index (χ0n) is 10.2. The molecule has 4 nitrogen and oxygen atoms in total. The van der Waals surface area contributed by atoms with Gasteiger partial charge in [0.1, 0.15) is 5.82 Å². The third kappa shape index (κ3) is 2.62. The van der Waals surface area contributed by atoms with E-state index in [9.17, 15) is 0 Å². The Morgan fingerprint density at radius 2 is 2.06 bits per heavy atom. The lowest BCUT2D eigenvalue weighted by Gasteiger charge is -2.19. The van der Waals surface area contributed by atoms with Gasteiger partial charge < -0.3 is 5.43 Å². The van der Waals surface area contributed by atoms with Crippen molar-refractivity contribution in [2.24, 2.45) is 5.84 Å². The molecule has 0 fully saturated rings. The van der Waals surface area contributed by atoms with E-state index in [1.54, 1.807) is 11.3 Å². The predicted molar refractivity (Wildman–Crippen MR) is 71.9 cm³/mol. The number of rotatable bonds is 2. The van der Waals surface area contributed by atoms with Crippen molar-refractivity contribution >= 4 is 17.2 Å². The summed E-state index contributed by atoms with van der Waals surface area (Å²) in [5.41, 5.74) is 3.54. The number of nitrogens with two attached hydrogens (primary N) is 1. The average molecular weight is 248 g/mol. The lowest BCUT2D eigenvalue weighted by Crippen LogP contribution is -2.17. The van der Waals surface area contributed by atoms with Gasteiger partial charge in [0.2, 0.25) is 0 Å². The minimum Gasteiger partial charge on any atom is -0.308 e. The summed E-state index contributed by atoms with van der Waals surface area (Å²) in [6, 6.07) is 5.88. The first-order chi connectivity index (χ1) is 8.00. The molecule has 0 saturated carbocycles. The van der Waals surface area contributed by atoms with Crippen LogP contribution in [0.2, 0.25) is 0 Å². The summed E-state index contributed by atoms with van der Waals surface area (Å²) >= 11 is 1.62. The molecule has 3 N–H and O–H groups in total. The van der Waals surface area contributed by atoms with E-state index in [4.69, 9.17) is 5.84 Å². The molecule has 0 aliphatic heterocycles. The molecule has 0 radical (unpaired) electrons. The molecule has 90 valence electrons. The Hall–Kier alpha value is -1.46. The molecule has 0 bridgehead atoms. The van der Waals surface area contributed by atoms with E-state index in [2.05, 4.69) is 36.2 Å². The SMILES string of the molecule is CC(C)(C)c1cc(NN)nc(-c2cccs2)n1. The minimum atomic E-state index is -0.0272. The number of nitrogen functional groups attached to an aromatic ring is 1.